The topological polar surface area (TPSA) is 15.3 Å². The molecule has 2 heteroatoms. The van der Waals surface area contributed by atoms with Crippen LogP contribution >= 0.6 is 0 Å². The van der Waals surface area contributed by atoms with Gasteiger partial charge < -0.3 is 5.32 Å². The lowest BCUT2D eigenvalue weighted by atomic mass is 9.82. The molecule has 1 aliphatic carbocycles. The quantitative estimate of drug-likeness (QED) is 0.889. The van der Waals surface area contributed by atoms with Crippen LogP contribution in [-0.4, -0.2) is 36.1 Å². The smallest absolute Gasteiger partial charge is 0.0252 e. The van der Waals surface area contributed by atoms with Gasteiger partial charge in [-0.05, 0) is 57.1 Å². The summed E-state index contributed by atoms with van der Waals surface area (Å²) in [7, 11) is 0. The van der Waals surface area contributed by atoms with Crippen LogP contribution in [0.1, 0.15) is 50.7 Å². The summed E-state index contributed by atoms with van der Waals surface area (Å²) in [6, 6.07) is 9.74. The number of nitrogens with zero attached hydrogens (tertiary/aromatic N) is 1. The van der Waals surface area contributed by atoms with Crippen molar-refractivity contribution in [2.75, 3.05) is 19.6 Å². The molecular weight excluding hydrogens is 244 g/mol. The third kappa shape index (κ3) is 2.91. The van der Waals surface area contributed by atoms with Crippen molar-refractivity contribution >= 4 is 0 Å². The standard InChI is InChI=1S/C18H28N2/c1-14-11-19-18(2,3)13-20(14)12-16-9-6-8-15-7-4-5-10-17(15)16/h4-5,7,10,14,16,19H,6,8-9,11-13H2,1-3H3. The van der Waals surface area contributed by atoms with Crippen LogP contribution in [0.3, 0.4) is 0 Å². The number of piperazine rings is 1. The average Bonchev–Trinajstić information content (AvgIpc) is 2.43. The Morgan fingerprint density at radius 1 is 1.30 bits per heavy atom. The number of fused-ring (bicyclic) bond motifs is 1. The van der Waals surface area contributed by atoms with Crippen LogP contribution in [0.4, 0.5) is 0 Å². The summed E-state index contributed by atoms with van der Waals surface area (Å²) in [5.41, 5.74) is 3.45. The molecule has 0 spiro atoms. The molecular formula is C18H28N2. The van der Waals surface area contributed by atoms with Crippen LogP contribution in [0.2, 0.25) is 0 Å². The summed E-state index contributed by atoms with van der Waals surface area (Å²) in [6.45, 7) is 10.5. The van der Waals surface area contributed by atoms with E-state index >= 15 is 0 Å². The maximum atomic E-state index is 3.65. The number of hydrogen-bond acceptors (Lipinski definition) is 2. The number of rotatable bonds is 2. The minimum atomic E-state index is 0.251. The molecule has 0 radical (unpaired) electrons. The van der Waals surface area contributed by atoms with E-state index in [9.17, 15) is 0 Å². The summed E-state index contributed by atoms with van der Waals surface area (Å²) in [6.07, 6.45) is 3.98. The van der Waals surface area contributed by atoms with Gasteiger partial charge in [-0.15, -0.1) is 0 Å². The summed E-state index contributed by atoms with van der Waals surface area (Å²) in [5, 5.41) is 3.65. The Morgan fingerprint density at radius 3 is 2.95 bits per heavy atom. The van der Waals surface area contributed by atoms with Crippen molar-refractivity contribution in [2.45, 2.75) is 57.5 Å². The second kappa shape index (κ2) is 5.50. The molecule has 20 heavy (non-hydrogen) atoms. The zero-order valence-corrected chi connectivity index (χ0v) is 13.2. The van der Waals surface area contributed by atoms with E-state index in [1.165, 1.54) is 25.8 Å². The number of hydrogen-bond donors (Lipinski definition) is 1. The number of nitrogens with one attached hydrogen (secondary N) is 1. The molecule has 1 N–H and O–H groups in total. The molecule has 2 aliphatic rings. The maximum Gasteiger partial charge on any atom is 0.0252 e. The Morgan fingerprint density at radius 2 is 2.10 bits per heavy atom. The second-order valence-electron chi connectivity index (χ2n) is 7.33. The van der Waals surface area contributed by atoms with Crippen molar-refractivity contribution in [3.8, 4) is 0 Å². The van der Waals surface area contributed by atoms with Crippen LogP contribution in [-0.2, 0) is 6.42 Å². The van der Waals surface area contributed by atoms with Gasteiger partial charge in [0.25, 0.3) is 0 Å². The first-order chi connectivity index (χ1) is 9.55. The van der Waals surface area contributed by atoms with Gasteiger partial charge in [0.1, 0.15) is 0 Å². The fraction of sp³-hybridized carbons (Fsp3) is 0.667. The van der Waals surface area contributed by atoms with Gasteiger partial charge in [-0.2, -0.15) is 0 Å². The Bertz CT molecular complexity index is 466. The Hall–Kier alpha value is -0.860. The molecule has 2 nitrogen and oxygen atoms in total. The van der Waals surface area contributed by atoms with Crippen molar-refractivity contribution in [3.05, 3.63) is 35.4 Å². The van der Waals surface area contributed by atoms with Gasteiger partial charge in [0.2, 0.25) is 0 Å². The van der Waals surface area contributed by atoms with Gasteiger partial charge in [0.05, 0.1) is 0 Å². The van der Waals surface area contributed by atoms with Crippen molar-refractivity contribution in [1.29, 1.82) is 0 Å². The van der Waals surface area contributed by atoms with E-state index in [0.717, 1.165) is 19.0 Å². The van der Waals surface area contributed by atoms with Gasteiger partial charge in [-0.3, -0.25) is 4.90 Å². The molecule has 1 heterocycles. The summed E-state index contributed by atoms with van der Waals surface area (Å²) >= 11 is 0. The summed E-state index contributed by atoms with van der Waals surface area (Å²) < 4.78 is 0. The first-order valence-corrected chi connectivity index (χ1v) is 8.12. The van der Waals surface area contributed by atoms with Crippen LogP contribution in [0.15, 0.2) is 24.3 Å². The fourth-order valence-electron chi connectivity index (χ4n) is 3.84. The lowest BCUT2D eigenvalue weighted by Crippen LogP contribution is -2.61. The van der Waals surface area contributed by atoms with E-state index in [1.54, 1.807) is 11.1 Å². The van der Waals surface area contributed by atoms with Gasteiger partial charge in [0, 0.05) is 31.2 Å². The fourth-order valence-corrected chi connectivity index (χ4v) is 3.84. The van der Waals surface area contributed by atoms with E-state index in [1.807, 2.05) is 0 Å². The lowest BCUT2D eigenvalue weighted by Gasteiger charge is -2.45. The molecule has 0 bridgehead atoms. The minimum Gasteiger partial charge on any atom is -0.309 e. The van der Waals surface area contributed by atoms with E-state index < -0.39 is 0 Å². The van der Waals surface area contributed by atoms with Crippen molar-refractivity contribution < 1.29 is 0 Å². The molecule has 110 valence electrons. The number of benzene rings is 1. The highest BCUT2D eigenvalue weighted by molar-refractivity contribution is 5.32. The van der Waals surface area contributed by atoms with Crippen LogP contribution in [0.25, 0.3) is 0 Å². The lowest BCUT2D eigenvalue weighted by molar-refractivity contribution is 0.0958. The Kier molecular flexibility index (Phi) is 3.87. The zero-order valence-electron chi connectivity index (χ0n) is 13.2. The highest BCUT2D eigenvalue weighted by Crippen LogP contribution is 2.33. The predicted octanol–water partition coefficient (Wildman–Crippen LogP) is 3.18. The van der Waals surface area contributed by atoms with Crippen LogP contribution in [0.5, 0.6) is 0 Å². The normalized spacial score (nSPS) is 29.9. The van der Waals surface area contributed by atoms with Crippen LogP contribution in [0, 0.1) is 0 Å². The average molecular weight is 272 g/mol. The van der Waals surface area contributed by atoms with E-state index in [0.29, 0.717) is 6.04 Å². The Balaban J connectivity index is 1.75. The third-order valence-corrected chi connectivity index (χ3v) is 5.05. The molecule has 2 atom stereocenters. The summed E-state index contributed by atoms with van der Waals surface area (Å²) in [4.78, 5) is 2.70. The monoisotopic (exact) mass is 272 g/mol. The number of aryl methyl sites for hydroxylation is 1. The first-order valence-electron chi connectivity index (χ1n) is 8.12. The predicted molar refractivity (Wildman–Crippen MR) is 85.2 cm³/mol. The largest absolute Gasteiger partial charge is 0.309 e. The molecule has 0 saturated carbocycles. The summed E-state index contributed by atoms with van der Waals surface area (Å²) in [5.74, 6) is 0.733. The molecule has 0 amide bonds. The molecule has 1 saturated heterocycles. The second-order valence-corrected chi connectivity index (χ2v) is 7.33. The third-order valence-electron chi connectivity index (χ3n) is 5.05. The highest BCUT2D eigenvalue weighted by Gasteiger charge is 2.32. The molecule has 1 fully saturated rings. The van der Waals surface area contributed by atoms with Gasteiger partial charge in [-0.1, -0.05) is 24.3 Å². The van der Waals surface area contributed by atoms with Crippen LogP contribution < -0.4 is 5.32 Å². The zero-order chi connectivity index (χ0) is 14.2. The van der Waals surface area contributed by atoms with E-state index in [-0.39, 0.29) is 5.54 Å². The minimum absolute atomic E-state index is 0.251. The maximum absolute atomic E-state index is 3.65. The molecule has 3 rings (SSSR count). The molecule has 1 aliphatic heterocycles. The highest BCUT2D eigenvalue weighted by atomic mass is 15.2. The van der Waals surface area contributed by atoms with E-state index in [4.69, 9.17) is 0 Å². The molecule has 2 unspecified atom stereocenters. The van der Waals surface area contributed by atoms with Crippen molar-refractivity contribution in [2.24, 2.45) is 0 Å². The van der Waals surface area contributed by atoms with E-state index in [2.05, 4.69) is 55.3 Å². The van der Waals surface area contributed by atoms with Gasteiger partial charge in [-0.25, -0.2) is 0 Å². The molecule has 1 aromatic carbocycles. The van der Waals surface area contributed by atoms with Crippen molar-refractivity contribution in [1.82, 2.24) is 10.2 Å². The molecule has 1 aromatic rings. The first kappa shape index (κ1) is 14.1. The molecule has 0 aromatic heterocycles. The van der Waals surface area contributed by atoms with Gasteiger partial charge >= 0.3 is 0 Å². The SMILES string of the molecule is CC1CNC(C)(C)CN1CC1CCCc2ccccc21. The van der Waals surface area contributed by atoms with Gasteiger partial charge in [0.15, 0.2) is 0 Å². The Labute approximate surface area is 123 Å². The van der Waals surface area contributed by atoms with Crippen molar-refractivity contribution in [3.63, 3.8) is 0 Å².